The maximum absolute atomic E-state index is 11.8. The SMILES string of the molecule is O=C(O)c1cc(SCCF)ccn1. The minimum Gasteiger partial charge on any atom is -0.477 e. The fraction of sp³-hybridized carbons (Fsp3) is 0.250. The molecule has 0 bridgehead atoms. The van der Waals surface area contributed by atoms with Crippen LogP contribution in [0.3, 0.4) is 0 Å². The van der Waals surface area contributed by atoms with Crippen LogP contribution in [0.25, 0.3) is 0 Å². The van der Waals surface area contributed by atoms with Crippen LogP contribution in [-0.2, 0) is 0 Å². The second-order valence-electron chi connectivity index (χ2n) is 2.22. The minimum atomic E-state index is -1.07. The van der Waals surface area contributed by atoms with Crippen molar-refractivity contribution in [3.63, 3.8) is 0 Å². The Morgan fingerprint density at radius 1 is 1.69 bits per heavy atom. The van der Waals surface area contributed by atoms with Gasteiger partial charge in [0.25, 0.3) is 0 Å². The first-order chi connectivity index (χ1) is 6.24. The number of carbonyl (C=O) groups is 1. The van der Waals surface area contributed by atoms with Crippen molar-refractivity contribution in [1.82, 2.24) is 4.98 Å². The molecule has 0 aliphatic heterocycles. The fourth-order valence-electron chi connectivity index (χ4n) is 0.774. The van der Waals surface area contributed by atoms with E-state index in [-0.39, 0.29) is 5.69 Å². The lowest BCUT2D eigenvalue weighted by Crippen LogP contribution is -1.99. The highest BCUT2D eigenvalue weighted by atomic mass is 32.2. The number of hydrogen-bond donors (Lipinski definition) is 1. The van der Waals surface area contributed by atoms with Crippen LogP contribution in [0.1, 0.15) is 10.5 Å². The number of rotatable bonds is 4. The monoisotopic (exact) mass is 201 g/mol. The summed E-state index contributed by atoms with van der Waals surface area (Å²) < 4.78 is 11.8. The lowest BCUT2D eigenvalue weighted by Gasteiger charge is -1.98. The van der Waals surface area contributed by atoms with Gasteiger partial charge in [-0.15, -0.1) is 11.8 Å². The van der Waals surface area contributed by atoms with E-state index in [9.17, 15) is 9.18 Å². The summed E-state index contributed by atoms with van der Waals surface area (Å²) in [4.78, 5) is 14.8. The van der Waals surface area contributed by atoms with Crippen molar-refractivity contribution in [2.45, 2.75) is 4.90 Å². The number of aromatic carboxylic acids is 1. The summed E-state index contributed by atoms with van der Waals surface area (Å²) in [6.45, 7) is -0.421. The van der Waals surface area contributed by atoms with Gasteiger partial charge >= 0.3 is 5.97 Å². The lowest BCUT2D eigenvalue weighted by molar-refractivity contribution is 0.0690. The molecule has 0 spiro atoms. The fourth-order valence-corrected chi connectivity index (χ4v) is 1.44. The summed E-state index contributed by atoms with van der Waals surface area (Å²) >= 11 is 1.27. The molecule has 1 aromatic rings. The second-order valence-corrected chi connectivity index (χ2v) is 3.39. The van der Waals surface area contributed by atoms with E-state index in [1.807, 2.05) is 0 Å². The van der Waals surface area contributed by atoms with Crippen LogP contribution < -0.4 is 0 Å². The molecule has 1 N–H and O–H groups in total. The van der Waals surface area contributed by atoms with E-state index in [4.69, 9.17) is 5.11 Å². The van der Waals surface area contributed by atoms with Gasteiger partial charge in [-0.2, -0.15) is 0 Å². The summed E-state index contributed by atoms with van der Waals surface area (Å²) in [5.41, 5.74) is -0.0103. The number of carboxylic acids is 1. The van der Waals surface area contributed by atoms with Gasteiger partial charge in [-0.3, -0.25) is 4.39 Å². The molecule has 0 aliphatic carbocycles. The van der Waals surface area contributed by atoms with Gasteiger partial charge in [0.15, 0.2) is 0 Å². The molecule has 0 aliphatic rings. The first-order valence-electron chi connectivity index (χ1n) is 3.62. The molecule has 5 heteroatoms. The van der Waals surface area contributed by atoms with Crippen molar-refractivity contribution in [3.05, 3.63) is 24.0 Å². The smallest absolute Gasteiger partial charge is 0.354 e. The van der Waals surface area contributed by atoms with Gasteiger partial charge in [-0.25, -0.2) is 9.78 Å². The van der Waals surface area contributed by atoms with Crippen molar-refractivity contribution in [2.75, 3.05) is 12.4 Å². The van der Waals surface area contributed by atoms with Crippen LogP contribution in [0, 0.1) is 0 Å². The molecule has 1 heterocycles. The molecule has 0 unspecified atom stereocenters. The molecule has 1 rings (SSSR count). The lowest BCUT2D eigenvalue weighted by atomic mass is 10.3. The van der Waals surface area contributed by atoms with E-state index in [0.29, 0.717) is 5.75 Å². The second kappa shape index (κ2) is 4.81. The van der Waals surface area contributed by atoms with Crippen LogP contribution in [0.4, 0.5) is 4.39 Å². The van der Waals surface area contributed by atoms with Crippen LogP contribution in [0.5, 0.6) is 0 Å². The molecule has 70 valence electrons. The van der Waals surface area contributed by atoms with E-state index >= 15 is 0 Å². The first-order valence-corrected chi connectivity index (χ1v) is 4.60. The zero-order valence-corrected chi connectivity index (χ0v) is 7.55. The Morgan fingerprint density at radius 2 is 2.46 bits per heavy atom. The highest BCUT2D eigenvalue weighted by molar-refractivity contribution is 7.99. The minimum absolute atomic E-state index is 0.0103. The van der Waals surface area contributed by atoms with Crippen molar-refractivity contribution in [2.24, 2.45) is 0 Å². The quantitative estimate of drug-likeness (QED) is 0.755. The molecule has 0 saturated carbocycles. The number of nitrogens with zero attached hydrogens (tertiary/aromatic N) is 1. The van der Waals surface area contributed by atoms with Gasteiger partial charge < -0.3 is 5.11 Å². The summed E-state index contributed by atoms with van der Waals surface area (Å²) in [6, 6.07) is 3.09. The number of hydrogen-bond acceptors (Lipinski definition) is 3. The topological polar surface area (TPSA) is 50.2 Å². The largest absolute Gasteiger partial charge is 0.477 e. The normalized spacial score (nSPS) is 9.92. The Balaban J connectivity index is 2.73. The predicted octanol–water partition coefficient (Wildman–Crippen LogP) is 1.84. The Bertz CT molecular complexity index is 306. The summed E-state index contributed by atoms with van der Waals surface area (Å²) in [5, 5.41) is 8.59. The third kappa shape index (κ3) is 3.02. The van der Waals surface area contributed by atoms with Crippen LogP contribution in [0.2, 0.25) is 0 Å². The highest BCUT2D eigenvalue weighted by Gasteiger charge is 2.04. The molecule has 0 radical (unpaired) electrons. The van der Waals surface area contributed by atoms with Gasteiger partial charge in [-0.1, -0.05) is 0 Å². The van der Waals surface area contributed by atoms with Gasteiger partial charge in [0.2, 0.25) is 0 Å². The van der Waals surface area contributed by atoms with Gasteiger partial charge in [0.05, 0.1) is 6.67 Å². The van der Waals surface area contributed by atoms with Gasteiger partial charge in [0.1, 0.15) is 5.69 Å². The van der Waals surface area contributed by atoms with Crippen molar-refractivity contribution < 1.29 is 14.3 Å². The highest BCUT2D eigenvalue weighted by Crippen LogP contribution is 2.17. The van der Waals surface area contributed by atoms with Crippen LogP contribution in [0.15, 0.2) is 23.2 Å². The van der Waals surface area contributed by atoms with Gasteiger partial charge in [0, 0.05) is 16.8 Å². The average molecular weight is 201 g/mol. The van der Waals surface area contributed by atoms with E-state index in [1.54, 1.807) is 6.07 Å². The molecule has 3 nitrogen and oxygen atoms in total. The molecule has 0 fully saturated rings. The summed E-state index contributed by atoms with van der Waals surface area (Å²) in [6.07, 6.45) is 1.41. The Labute approximate surface area is 79.0 Å². The van der Waals surface area contributed by atoms with Crippen LogP contribution in [-0.4, -0.2) is 28.5 Å². The zero-order valence-electron chi connectivity index (χ0n) is 6.74. The average Bonchev–Trinajstić information content (AvgIpc) is 2.15. The maximum Gasteiger partial charge on any atom is 0.354 e. The number of halogens is 1. The molecule has 0 saturated heterocycles. The summed E-state index contributed by atoms with van der Waals surface area (Å²) in [7, 11) is 0. The molecular formula is C8H8FNO2S. The van der Waals surface area contributed by atoms with E-state index in [1.165, 1.54) is 24.0 Å². The molecule has 13 heavy (non-hydrogen) atoms. The van der Waals surface area contributed by atoms with Crippen molar-refractivity contribution >= 4 is 17.7 Å². The number of aromatic nitrogens is 1. The number of pyridine rings is 1. The number of alkyl halides is 1. The molecule has 0 aromatic carbocycles. The van der Waals surface area contributed by atoms with E-state index in [0.717, 1.165) is 4.90 Å². The molecule has 0 amide bonds. The van der Waals surface area contributed by atoms with Crippen molar-refractivity contribution in [1.29, 1.82) is 0 Å². The third-order valence-electron chi connectivity index (χ3n) is 1.30. The van der Waals surface area contributed by atoms with Crippen molar-refractivity contribution in [3.8, 4) is 0 Å². The number of thioether (sulfide) groups is 1. The maximum atomic E-state index is 11.8. The Kier molecular flexibility index (Phi) is 3.70. The third-order valence-corrected chi connectivity index (χ3v) is 2.24. The van der Waals surface area contributed by atoms with Crippen LogP contribution >= 0.6 is 11.8 Å². The Hall–Kier alpha value is -1.10. The van der Waals surface area contributed by atoms with E-state index < -0.39 is 12.6 Å². The summed E-state index contributed by atoms with van der Waals surface area (Å²) in [5.74, 6) is -0.731. The molecular weight excluding hydrogens is 193 g/mol. The van der Waals surface area contributed by atoms with E-state index in [2.05, 4.69) is 4.98 Å². The number of carboxylic acid groups (broad SMARTS) is 1. The molecule has 0 atom stereocenters. The standard InChI is InChI=1S/C8H8FNO2S/c9-2-4-13-6-1-3-10-7(5-6)8(11)12/h1,3,5H,2,4H2,(H,11,12). The zero-order chi connectivity index (χ0) is 9.68. The first kappa shape index (κ1) is 9.98. The molecule has 1 aromatic heterocycles. The predicted molar refractivity (Wildman–Crippen MR) is 47.9 cm³/mol. The Morgan fingerprint density at radius 3 is 3.08 bits per heavy atom. The van der Waals surface area contributed by atoms with Gasteiger partial charge in [-0.05, 0) is 12.1 Å².